The summed E-state index contributed by atoms with van der Waals surface area (Å²) in [7, 11) is 1.68. The first-order chi connectivity index (χ1) is 12.6. The molecule has 26 heavy (non-hydrogen) atoms. The molecule has 1 aliphatic rings. The molecule has 1 N–H and O–H groups in total. The molecule has 0 spiro atoms. The summed E-state index contributed by atoms with van der Waals surface area (Å²) in [6.45, 7) is 2.56. The monoisotopic (exact) mass is 353 g/mol. The fraction of sp³-hybridized carbons (Fsp3) is 0.353. The van der Waals surface area contributed by atoms with Crippen molar-refractivity contribution in [2.45, 2.75) is 32.4 Å². The molecule has 1 unspecified atom stereocenters. The molecule has 4 heterocycles. The number of pyridine rings is 1. The van der Waals surface area contributed by atoms with Crippen LogP contribution in [0.5, 0.6) is 0 Å². The van der Waals surface area contributed by atoms with Crippen LogP contribution in [0.4, 0.5) is 5.82 Å². The molecule has 0 saturated carbocycles. The average molecular weight is 353 g/mol. The molecule has 134 valence electrons. The van der Waals surface area contributed by atoms with Gasteiger partial charge < -0.3 is 5.32 Å². The summed E-state index contributed by atoms with van der Waals surface area (Å²) in [5.74, 6) is 0.131. The van der Waals surface area contributed by atoms with Crippen LogP contribution in [-0.2, 0) is 17.8 Å². The lowest BCUT2D eigenvalue weighted by Crippen LogP contribution is -2.47. The van der Waals surface area contributed by atoms with Gasteiger partial charge in [-0.1, -0.05) is 13.0 Å². The van der Waals surface area contributed by atoms with E-state index in [1.165, 1.54) is 4.90 Å². The van der Waals surface area contributed by atoms with Gasteiger partial charge in [-0.3, -0.25) is 14.5 Å². The number of hydrogen-bond donors (Lipinski definition) is 1. The van der Waals surface area contributed by atoms with E-state index in [4.69, 9.17) is 0 Å². The topological polar surface area (TPSA) is 97.4 Å². The Hall–Kier alpha value is -3.23. The van der Waals surface area contributed by atoms with Crippen molar-refractivity contribution < 1.29 is 9.59 Å². The van der Waals surface area contributed by atoms with E-state index in [1.807, 2.05) is 19.1 Å². The van der Waals surface area contributed by atoms with Crippen LogP contribution < -0.4 is 10.2 Å². The van der Waals surface area contributed by atoms with Crippen LogP contribution in [0.3, 0.4) is 0 Å². The number of nitrogens with zero attached hydrogens (tertiary/aromatic N) is 6. The third kappa shape index (κ3) is 2.61. The number of aryl methyl sites for hydroxylation is 2. The summed E-state index contributed by atoms with van der Waals surface area (Å²) in [5, 5.41) is 11.3. The van der Waals surface area contributed by atoms with Crippen LogP contribution in [-0.4, -0.2) is 49.3 Å². The molecule has 0 radical (unpaired) electrons. The van der Waals surface area contributed by atoms with Crippen LogP contribution in [0.1, 0.15) is 29.7 Å². The van der Waals surface area contributed by atoms with Crippen molar-refractivity contribution in [1.82, 2.24) is 29.7 Å². The predicted octanol–water partition coefficient (Wildman–Crippen LogP) is 0.653. The highest BCUT2D eigenvalue weighted by Crippen LogP contribution is 2.19. The van der Waals surface area contributed by atoms with E-state index in [0.29, 0.717) is 24.4 Å². The molecule has 0 fully saturated rings. The Bertz CT molecular complexity index is 990. The minimum atomic E-state index is -0.647. The lowest BCUT2D eigenvalue weighted by molar-refractivity contribution is -0.120. The lowest BCUT2D eigenvalue weighted by atomic mass is 10.2. The predicted molar refractivity (Wildman–Crippen MR) is 93.9 cm³/mol. The Balaban J connectivity index is 1.56. The van der Waals surface area contributed by atoms with Crippen LogP contribution in [0.25, 0.3) is 5.65 Å². The van der Waals surface area contributed by atoms with Gasteiger partial charge in [0, 0.05) is 25.4 Å². The van der Waals surface area contributed by atoms with E-state index >= 15 is 0 Å². The Labute approximate surface area is 149 Å². The third-order valence-electron chi connectivity index (χ3n) is 4.60. The molecular weight excluding hydrogens is 334 g/mol. The maximum absolute atomic E-state index is 12.7. The second-order valence-corrected chi connectivity index (χ2v) is 6.20. The first-order valence-corrected chi connectivity index (χ1v) is 8.53. The summed E-state index contributed by atoms with van der Waals surface area (Å²) >= 11 is 0. The van der Waals surface area contributed by atoms with Gasteiger partial charge in [-0.2, -0.15) is 5.10 Å². The molecule has 9 heteroatoms. The van der Waals surface area contributed by atoms with Crippen molar-refractivity contribution in [3.05, 3.63) is 42.0 Å². The number of aromatic nitrogens is 5. The number of carbonyl (C=O) groups is 2. The molecular formula is C17H19N7O2. The van der Waals surface area contributed by atoms with E-state index in [2.05, 4.69) is 20.5 Å². The smallest absolute Gasteiger partial charge is 0.291 e. The van der Waals surface area contributed by atoms with Crippen molar-refractivity contribution in [2.24, 2.45) is 0 Å². The van der Waals surface area contributed by atoms with Gasteiger partial charge in [0.05, 0.1) is 6.20 Å². The molecule has 0 bridgehead atoms. The molecule has 2 amide bonds. The first-order valence-electron chi connectivity index (χ1n) is 8.53. The minimum Gasteiger partial charge on any atom is -0.337 e. The number of fused-ring (bicyclic) bond motifs is 2. The first kappa shape index (κ1) is 16.2. The van der Waals surface area contributed by atoms with E-state index < -0.39 is 11.9 Å². The van der Waals surface area contributed by atoms with Gasteiger partial charge in [-0.05, 0) is 25.0 Å². The van der Waals surface area contributed by atoms with Gasteiger partial charge in [-0.25, -0.2) is 14.2 Å². The molecule has 4 rings (SSSR count). The molecule has 1 atom stereocenters. The molecule has 3 aromatic rings. The highest BCUT2D eigenvalue weighted by molar-refractivity contribution is 6.00. The van der Waals surface area contributed by atoms with Gasteiger partial charge in [0.2, 0.25) is 5.82 Å². The summed E-state index contributed by atoms with van der Waals surface area (Å²) < 4.78 is 3.41. The second-order valence-electron chi connectivity index (χ2n) is 6.20. The maximum atomic E-state index is 12.7. The normalized spacial score (nSPS) is 17.2. The van der Waals surface area contributed by atoms with Gasteiger partial charge in [0.25, 0.3) is 11.8 Å². The second kappa shape index (κ2) is 6.25. The summed E-state index contributed by atoms with van der Waals surface area (Å²) in [4.78, 5) is 31.1. The fourth-order valence-corrected chi connectivity index (χ4v) is 3.18. The Morgan fingerprint density at radius 1 is 1.35 bits per heavy atom. The molecule has 1 aliphatic heterocycles. The third-order valence-corrected chi connectivity index (χ3v) is 4.60. The zero-order valence-electron chi connectivity index (χ0n) is 14.6. The van der Waals surface area contributed by atoms with Crippen LogP contribution in [0, 0.1) is 0 Å². The van der Waals surface area contributed by atoms with E-state index in [9.17, 15) is 9.59 Å². The van der Waals surface area contributed by atoms with Crippen LogP contribution in [0.2, 0.25) is 0 Å². The summed E-state index contributed by atoms with van der Waals surface area (Å²) in [6.07, 6.45) is 2.89. The number of amides is 2. The van der Waals surface area contributed by atoms with Crippen LogP contribution in [0.15, 0.2) is 30.5 Å². The summed E-state index contributed by atoms with van der Waals surface area (Å²) in [5.41, 5.74) is 1.57. The Kier molecular flexibility index (Phi) is 3.90. The van der Waals surface area contributed by atoms with E-state index in [0.717, 1.165) is 12.1 Å². The maximum Gasteiger partial charge on any atom is 0.291 e. The lowest BCUT2D eigenvalue weighted by Gasteiger charge is -2.19. The van der Waals surface area contributed by atoms with Crippen molar-refractivity contribution in [3.8, 4) is 0 Å². The largest absolute Gasteiger partial charge is 0.337 e. The van der Waals surface area contributed by atoms with Gasteiger partial charge in [0.15, 0.2) is 5.65 Å². The minimum absolute atomic E-state index is 0.0586. The van der Waals surface area contributed by atoms with Crippen molar-refractivity contribution in [2.75, 3.05) is 11.9 Å². The number of hydrogen-bond acceptors (Lipinski definition) is 5. The van der Waals surface area contributed by atoms with Crippen molar-refractivity contribution in [3.63, 3.8) is 0 Å². The average Bonchev–Trinajstić information content (AvgIpc) is 3.27. The van der Waals surface area contributed by atoms with Crippen LogP contribution >= 0.6 is 0 Å². The fourth-order valence-electron chi connectivity index (χ4n) is 3.18. The molecule has 9 nitrogen and oxygen atoms in total. The number of nitrogens with one attached hydrogen (secondary N) is 1. The van der Waals surface area contributed by atoms with Gasteiger partial charge in [-0.15, -0.1) is 5.10 Å². The quantitative estimate of drug-likeness (QED) is 0.746. The molecule has 0 aliphatic carbocycles. The zero-order chi connectivity index (χ0) is 18.3. The highest BCUT2D eigenvalue weighted by atomic mass is 16.2. The molecule has 0 saturated heterocycles. The summed E-state index contributed by atoms with van der Waals surface area (Å²) in [6, 6.07) is 6.75. The molecule has 0 aromatic carbocycles. The Morgan fingerprint density at radius 2 is 2.19 bits per heavy atom. The standard InChI is InChI=1S/C17H19N7O2/c1-3-11-5-4-6-13-20-15(21-24(11)13)16(25)19-12-8-10-23-14(7-9-18-23)22(2)17(12)26/h4-7,9,12H,3,8,10H2,1-2H3,(H,19,25). The number of likely N-dealkylation sites (N-methyl/N-ethyl adjacent to an activating group) is 1. The van der Waals surface area contributed by atoms with Crippen molar-refractivity contribution in [1.29, 1.82) is 0 Å². The van der Waals surface area contributed by atoms with Gasteiger partial charge in [0.1, 0.15) is 11.9 Å². The number of anilines is 1. The van der Waals surface area contributed by atoms with E-state index in [-0.39, 0.29) is 11.7 Å². The SMILES string of the molecule is CCc1cccc2nc(C(=O)NC3CCn4nccc4N(C)C3=O)nn12. The zero-order valence-corrected chi connectivity index (χ0v) is 14.6. The number of rotatable bonds is 3. The van der Waals surface area contributed by atoms with Gasteiger partial charge >= 0.3 is 0 Å². The molecule has 3 aromatic heterocycles. The highest BCUT2D eigenvalue weighted by Gasteiger charge is 2.30. The number of carbonyl (C=O) groups excluding carboxylic acids is 2. The Morgan fingerprint density at radius 3 is 3.00 bits per heavy atom. The van der Waals surface area contributed by atoms with E-state index in [1.54, 1.807) is 34.6 Å². The van der Waals surface area contributed by atoms with Crippen molar-refractivity contribution >= 4 is 23.3 Å².